The Hall–Kier alpha value is -2.38. The van der Waals surface area contributed by atoms with Gasteiger partial charge < -0.3 is 16.2 Å². The number of carboxylic acid groups (broad SMARTS) is 1. The van der Waals surface area contributed by atoms with E-state index in [2.05, 4.69) is 20.4 Å². The number of hydrogen-bond donors (Lipinski definition) is 3. The topological polar surface area (TPSA) is 119 Å². The Bertz CT molecular complexity index is 608. The molecule has 0 aromatic carbocycles. The first-order chi connectivity index (χ1) is 9.02. The Morgan fingerprint density at radius 3 is 2.95 bits per heavy atom. The zero-order valence-electron chi connectivity index (χ0n) is 10.8. The number of fused-ring (bicyclic) bond motifs is 1. The number of aryl methyl sites for hydroxylation is 1. The summed E-state index contributed by atoms with van der Waals surface area (Å²) >= 11 is 0. The Morgan fingerprint density at radius 1 is 1.58 bits per heavy atom. The van der Waals surface area contributed by atoms with Crippen LogP contribution < -0.4 is 11.1 Å². The molecule has 2 aromatic rings. The third-order valence-electron chi connectivity index (χ3n) is 2.80. The molecule has 8 nitrogen and oxygen atoms in total. The van der Waals surface area contributed by atoms with E-state index in [1.54, 1.807) is 17.9 Å². The summed E-state index contributed by atoms with van der Waals surface area (Å²) in [6, 6.07) is -0.727. The SMILES string of the molecule is CCCC(Nc1nc(N)c2cnn(C)c2n1)C(=O)O. The molecule has 0 saturated heterocycles. The van der Waals surface area contributed by atoms with Gasteiger partial charge in [-0.1, -0.05) is 13.3 Å². The van der Waals surface area contributed by atoms with Gasteiger partial charge >= 0.3 is 5.97 Å². The number of nitrogens with zero attached hydrogens (tertiary/aromatic N) is 4. The van der Waals surface area contributed by atoms with Gasteiger partial charge in [-0.3, -0.25) is 4.68 Å². The Kier molecular flexibility index (Phi) is 3.50. The number of nitrogen functional groups attached to an aromatic ring is 1. The molecule has 0 spiro atoms. The van der Waals surface area contributed by atoms with Gasteiger partial charge in [0.1, 0.15) is 11.9 Å². The molecule has 102 valence electrons. The van der Waals surface area contributed by atoms with E-state index < -0.39 is 12.0 Å². The number of hydrogen-bond acceptors (Lipinski definition) is 6. The maximum atomic E-state index is 11.1. The van der Waals surface area contributed by atoms with Crippen LogP contribution in [0.25, 0.3) is 11.0 Å². The highest BCUT2D eigenvalue weighted by atomic mass is 16.4. The molecule has 1 unspecified atom stereocenters. The minimum atomic E-state index is -0.936. The lowest BCUT2D eigenvalue weighted by atomic mass is 10.2. The molecule has 8 heteroatoms. The van der Waals surface area contributed by atoms with Crippen LogP contribution in [0.3, 0.4) is 0 Å². The summed E-state index contributed by atoms with van der Waals surface area (Å²) in [4.78, 5) is 19.4. The molecule has 0 amide bonds. The summed E-state index contributed by atoms with van der Waals surface area (Å²) < 4.78 is 1.56. The van der Waals surface area contributed by atoms with Crippen LogP contribution in [0.5, 0.6) is 0 Å². The zero-order valence-corrected chi connectivity index (χ0v) is 10.8. The molecule has 2 aromatic heterocycles. The van der Waals surface area contributed by atoms with Gasteiger partial charge in [-0.2, -0.15) is 15.1 Å². The number of aromatic nitrogens is 4. The van der Waals surface area contributed by atoms with Crippen molar-refractivity contribution in [3.05, 3.63) is 6.20 Å². The standard InChI is InChI=1S/C11H16N6O2/c1-3-4-7(10(18)19)14-11-15-8(12)6-5-13-17(2)9(6)16-11/h5,7H,3-4H2,1-2H3,(H,18,19)(H3,12,14,15,16). The van der Waals surface area contributed by atoms with Crippen LogP contribution in [0, 0.1) is 0 Å². The highest BCUT2D eigenvalue weighted by molar-refractivity contribution is 5.86. The molecule has 4 N–H and O–H groups in total. The molecule has 0 aliphatic rings. The Labute approximate surface area is 109 Å². The van der Waals surface area contributed by atoms with E-state index >= 15 is 0 Å². The predicted molar refractivity (Wildman–Crippen MR) is 70.7 cm³/mol. The van der Waals surface area contributed by atoms with E-state index in [-0.39, 0.29) is 11.8 Å². The third-order valence-corrected chi connectivity index (χ3v) is 2.80. The van der Waals surface area contributed by atoms with Crippen molar-refractivity contribution in [2.24, 2.45) is 7.05 Å². The van der Waals surface area contributed by atoms with Crippen LogP contribution in [0.4, 0.5) is 11.8 Å². The van der Waals surface area contributed by atoms with Crippen LogP contribution in [0.15, 0.2) is 6.20 Å². The zero-order chi connectivity index (χ0) is 14.0. The van der Waals surface area contributed by atoms with E-state index in [0.29, 0.717) is 17.5 Å². The summed E-state index contributed by atoms with van der Waals surface area (Å²) in [5, 5.41) is 16.6. The normalized spacial score (nSPS) is 12.5. The van der Waals surface area contributed by atoms with Crippen LogP contribution in [0.2, 0.25) is 0 Å². The van der Waals surface area contributed by atoms with Gasteiger partial charge in [-0.05, 0) is 6.42 Å². The van der Waals surface area contributed by atoms with E-state index in [1.807, 2.05) is 6.92 Å². The number of rotatable bonds is 5. The van der Waals surface area contributed by atoms with Crippen LogP contribution in [0.1, 0.15) is 19.8 Å². The number of anilines is 2. The molecule has 19 heavy (non-hydrogen) atoms. The molecule has 0 radical (unpaired) electrons. The molecule has 2 rings (SSSR count). The minimum Gasteiger partial charge on any atom is -0.480 e. The van der Waals surface area contributed by atoms with Gasteiger partial charge in [-0.15, -0.1) is 0 Å². The summed E-state index contributed by atoms with van der Waals surface area (Å²) in [6.07, 6.45) is 2.81. The molecule has 0 aliphatic heterocycles. The van der Waals surface area contributed by atoms with Crippen LogP contribution in [-0.2, 0) is 11.8 Å². The summed E-state index contributed by atoms with van der Waals surface area (Å²) in [5.41, 5.74) is 6.37. The molecular formula is C11H16N6O2. The van der Waals surface area contributed by atoms with Crippen molar-refractivity contribution in [3.63, 3.8) is 0 Å². The number of nitrogens with one attached hydrogen (secondary N) is 1. The Morgan fingerprint density at radius 2 is 2.32 bits per heavy atom. The number of carboxylic acids is 1. The van der Waals surface area contributed by atoms with Crippen molar-refractivity contribution in [3.8, 4) is 0 Å². The number of aliphatic carboxylic acids is 1. The number of carbonyl (C=O) groups is 1. The maximum Gasteiger partial charge on any atom is 0.326 e. The first-order valence-corrected chi connectivity index (χ1v) is 5.97. The average Bonchev–Trinajstić information content (AvgIpc) is 2.71. The van der Waals surface area contributed by atoms with Crippen molar-refractivity contribution >= 4 is 28.8 Å². The van der Waals surface area contributed by atoms with E-state index in [4.69, 9.17) is 10.8 Å². The average molecular weight is 264 g/mol. The third kappa shape index (κ3) is 2.56. The fourth-order valence-electron chi connectivity index (χ4n) is 1.81. The van der Waals surface area contributed by atoms with Gasteiger partial charge in [0.15, 0.2) is 5.65 Å². The highest BCUT2D eigenvalue weighted by Crippen LogP contribution is 2.19. The van der Waals surface area contributed by atoms with Crippen molar-refractivity contribution in [2.45, 2.75) is 25.8 Å². The lowest BCUT2D eigenvalue weighted by Gasteiger charge is -2.13. The summed E-state index contributed by atoms with van der Waals surface area (Å²) in [7, 11) is 1.74. The van der Waals surface area contributed by atoms with E-state index in [0.717, 1.165) is 6.42 Å². The van der Waals surface area contributed by atoms with Gasteiger partial charge in [0.25, 0.3) is 0 Å². The summed E-state index contributed by atoms with van der Waals surface area (Å²) in [5.74, 6) is -0.454. The van der Waals surface area contributed by atoms with Crippen molar-refractivity contribution in [2.75, 3.05) is 11.1 Å². The minimum absolute atomic E-state index is 0.203. The molecule has 2 heterocycles. The van der Waals surface area contributed by atoms with E-state index in [9.17, 15) is 4.79 Å². The molecule has 0 fully saturated rings. The molecule has 0 bridgehead atoms. The fourth-order valence-corrected chi connectivity index (χ4v) is 1.81. The first-order valence-electron chi connectivity index (χ1n) is 5.97. The van der Waals surface area contributed by atoms with E-state index in [1.165, 1.54) is 0 Å². The van der Waals surface area contributed by atoms with Crippen LogP contribution >= 0.6 is 0 Å². The molecule has 1 atom stereocenters. The smallest absolute Gasteiger partial charge is 0.326 e. The number of nitrogens with two attached hydrogens (primary N) is 1. The second-order valence-corrected chi connectivity index (χ2v) is 4.26. The first kappa shape index (κ1) is 13.1. The van der Waals surface area contributed by atoms with Gasteiger partial charge in [0.2, 0.25) is 5.95 Å². The Balaban J connectivity index is 2.34. The maximum absolute atomic E-state index is 11.1. The monoisotopic (exact) mass is 264 g/mol. The van der Waals surface area contributed by atoms with Gasteiger partial charge in [0, 0.05) is 7.05 Å². The largest absolute Gasteiger partial charge is 0.480 e. The molecule has 0 aliphatic carbocycles. The lowest BCUT2D eigenvalue weighted by Crippen LogP contribution is -2.30. The fraction of sp³-hybridized carbons (Fsp3) is 0.455. The van der Waals surface area contributed by atoms with Gasteiger partial charge in [0.05, 0.1) is 11.6 Å². The van der Waals surface area contributed by atoms with Crippen LogP contribution in [-0.4, -0.2) is 36.9 Å². The second kappa shape index (κ2) is 5.09. The second-order valence-electron chi connectivity index (χ2n) is 4.26. The lowest BCUT2D eigenvalue weighted by molar-refractivity contribution is -0.138. The van der Waals surface area contributed by atoms with Crippen molar-refractivity contribution < 1.29 is 9.90 Å². The molecular weight excluding hydrogens is 248 g/mol. The quantitative estimate of drug-likeness (QED) is 0.723. The molecule has 0 saturated carbocycles. The van der Waals surface area contributed by atoms with Gasteiger partial charge in [-0.25, -0.2) is 4.79 Å². The predicted octanol–water partition coefficient (Wildman–Crippen LogP) is 0.611. The summed E-state index contributed by atoms with van der Waals surface area (Å²) in [6.45, 7) is 1.91. The highest BCUT2D eigenvalue weighted by Gasteiger charge is 2.18. The van der Waals surface area contributed by atoms with Crippen molar-refractivity contribution in [1.29, 1.82) is 0 Å². The van der Waals surface area contributed by atoms with Crippen molar-refractivity contribution in [1.82, 2.24) is 19.7 Å².